The Bertz CT molecular complexity index is 1220. The summed E-state index contributed by atoms with van der Waals surface area (Å²) in [6.07, 6.45) is 0. The molecule has 0 saturated heterocycles. The number of nitriles is 1. The van der Waals surface area contributed by atoms with Gasteiger partial charge < -0.3 is 4.90 Å². The van der Waals surface area contributed by atoms with Gasteiger partial charge in [-0.25, -0.2) is 13.1 Å². The molecule has 1 amide bonds. The van der Waals surface area contributed by atoms with Crippen LogP contribution in [0.5, 0.6) is 0 Å². The molecule has 0 saturated carbocycles. The summed E-state index contributed by atoms with van der Waals surface area (Å²) in [6.45, 7) is 4.40. The fourth-order valence-corrected chi connectivity index (χ4v) is 4.49. The maximum Gasteiger partial charge on any atom is 0.254 e. The molecule has 0 radical (unpaired) electrons. The van der Waals surface area contributed by atoms with Crippen LogP contribution in [0.3, 0.4) is 0 Å². The minimum absolute atomic E-state index is 0.0429. The highest BCUT2D eigenvalue weighted by Gasteiger charge is 2.23. The van der Waals surface area contributed by atoms with E-state index in [1.54, 1.807) is 29.2 Å². The van der Waals surface area contributed by atoms with Crippen LogP contribution >= 0.6 is 0 Å². The Balaban J connectivity index is 1.80. The highest BCUT2D eigenvalue weighted by atomic mass is 32.2. The van der Waals surface area contributed by atoms with Crippen LogP contribution in [0.4, 0.5) is 0 Å². The molecular formula is C25H25N3O3S. The third-order valence-electron chi connectivity index (χ3n) is 5.29. The molecule has 0 heterocycles. The van der Waals surface area contributed by atoms with Gasteiger partial charge in [-0.05, 0) is 55.3 Å². The van der Waals surface area contributed by atoms with Crippen LogP contribution < -0.4 is 4.72 Å². The number of carbonyl (C=O) groups excluding carboxylic acids is 1. The van der Waals surface area contributed by atoms with Gasteiger partial charge in [0.1, 0.15) is 0 Å². The van der Waals surface area contributed by atoms with Gasteiger partial charge in [0.2, 0.25) is 10.0 Å². The number of hydrogen-bond donors (Lipinski definition) is 1. The number of carbonyl (C=O) groups is 1. The topological polar surface area (TPSA) is 90.3 Å². The molecule has 1 unspecified atom stereocenters. The molecular weight excluding hydrogens is 422 g/mol. The summed E-state index contributed by atoms with van der Waals surface area (Å²) < 4.78 is 28.1. The first kappa shape index (κ1) is 23.2. The predicted molar refractivity (Wildman–Crippen MR) is 123 cm³/mol. The number of hydrogen-bond acceptors (Lipinski definition) is 4. The second-order valence-corrected chi connectivity index (χ2v) is 9.11. The molecule has 3 aromatic rings. The van der Waals surface area contributed by atoms with Crippen LogP contribution in [-0.4, -0.2) is 25.8 Å². The maximum absolute atomic E-state index is 13.2. The Hall–Kier alpha value is -3.47. The second-order valence-electron chi connectivity index (χ2n) is 7.34. The monoisotopic (exact) mass is 447 g/mol. The molecule has 164 valence electrons. The summed E-state index contributed by atoms with van der Waals surface area (Å²) in [7, 11) is -3.78. The van der Waals surface area contributed by atoms with Gasteiger partial charge in [-0.2, -0.15) is 5.26 Å². The number of amides is 1. The average molecular weight is 448 g/mol. The zero-order valence-electron chi connectivity index (χ0n) is 18.0. The van der Waals surface area contributed by atoms with Gasteiger partial charge >= 0.3 is 0 Å². The number of rotatable bonds is 8. The van der Waals surface area contributed by atoms with E-state index in [-0.39, 0.29) is 23.4 Å². The predicted octanol–water partition coefficient (Wildman–Crippen LogP) is 4.26. The van der Waals surface area contributed by atoms with Crippen molar-refractivity contribution in [3.05, 3.63) is 101 Å². The largest absolute Gasteiger partial charge is 0.332 e. The van der Waals surface area contributed by atoms with Gasteiger partial charge in [0, 0.05) is 18.7 Å². The van der Waals surface area contributed by atoms with E-state index in [4.69, 9.17) is 5.26 Å². The van der Waals surface area contributed by atoms with Gasteiger partial charge in [-0.15, -0.1) is 0 Å². The summed E-state index contributed by atoms with van der Waals surface area (Å²) in [5.41, 5.74) is 2.59. The van der Waals surface area contributed by atoms with Crippen molar-refractivity contribution in [2.45, 2.75) is 31.3 Å². The fraction of sp³-hybridized carbons (Fsp3) is 0.200. The molecule has 32 heavy (non-hydrogen) atoms. The lowest BCUT2D eigenvalue weighted by Crippen LogP contribution is -2.33. The van der Waals surface area contributed by atoms with E-state index in [1.165, 1.54) is 12.1 Å². The summed E-state index contributed by atoms with van der Waals surface area (Å²) in [5.74, 6) is -0.260. The van der Waals surface area contributed by atoms with E-state index < -0.39 is 10.0 Å². The molecule has 0 bridgehead atoms. The van der Waals surface area contributed by atoms with E-state index in [2.05, 4.69) is 10.8 Å². The van der Waals surface area contributed by atoms with Crippen LogP contribution in [-0.2, 0) is 16.6 Å². The fourth-order valence-electron chi connectivity index (χ4n) is 3.43. The molecule has 0 aliphatic heterocycles. The minimum Gasteiger partial charge on any atom is -0.332 e. The molecule has 6 nitrogen and oxygen atoms in total. The average Bonchev–Trinajstić information content (AvgIpc) is 2.84. The van der Waals surface area contributed by atoms with Crippen molar-refractivity contribution in [2.75, 3.05) is 6.54 Å². The number of sulfonamides is 1. The first-order valence-corrected chi connectivity index (χ1v) is 11.8. The Kier molecular flexibility index (Phi) is 7.41. The lowest BCUT2D eigenvalue weighted by molar-refractivity contribution is 0.0702. The van der Waals surface area contributed by atoms with E-state index in [0.29, 0.717) is 17.7 Å². The molecule has 0 fully saturated rings. The van der Waals surface area contributed by atoms with Gasteiger partial charge in [-0.3, -0.25) is 4.79 Å². The van der Waals surface area contributed by atoms with Crippen molar-refractivity contribution in [3.63, 3.8) is 0 Å². The second kappa shape index (κ2) is 10.2. The maximum atomic E-state index is 13.2. The van der Waals surface area contributed by atoms with Crippen LogP contribution in [0.25, 0.3) is 0 Å². The third kappa shape index (κ3) is 5.41. The molecule has 0 aliphatic rings. The highest BCUT2D eigenvalue weighted by molar-refractivity contribution is 7.89. The zero-order chi connectivity index (χ0) is 23.1. The Morgan fingerprint density at radius 1 is 1.03 bits per heavy atom. The Morgan fingerprint density at radius 3 is 2.34 bits per heavy atom. The molecule has 1 N–H and O–H groups in total. The van der Waals surface area contributed by atoms with Crippen LogP contribution in [0.15, 0.2) is 83.8 Å². The molecule has 0 aromatic heterocycles. The molecule has 3 rings (SSSR count). The molecule has 0 spiro atoms. The molecule has 0 aliphatic carbocycles. The summed E-state index contributed by atoms with van der Waals surface area (Å²) >= 11 is 0. The SMILES string of the molecule is CCN(C(=O)c1cccc(S(=O)(=O)NCc2ccccc2)c1)C(C)c1ccc(C#N)cc1. The molecule has 7 heteroatoms. The minimum atomic E-state index is -3.78. The van der Waals surface area contributed by atoms with Crippen LogP contribution in [0, 0.1) is 11.3 Å². The van der Waals surface area contributed by atoms with Crippen molar-refractivity contribution in [1.29, 1.82) is 5.26 Å². The van der Waals surface area contributed by atoms with E-state index in [0.717, 1.165) is 11.1 Å². The molecule has 1 atom stereocenters. The Morgan fingerprint density at radius 2 is 1.72 bits per heavy atom. The summed E-state index contributed by atoms with van der Waals surface area (Å²) in [6, 6.07) is 24.2. The van der Waals surface area contributed by atoms with Crippen molar-refractivity contribution in [1.82, 2.24) is 9.62 Å². The van der Waals surface area contributed by atoms with Crippen LogP contribution in [0.1, 0.15) is 46.9 Å². The number of benzene rings is 3. The van der Waals surface area contributed by atoms with Crippen molar-refractivity contribution in [2.24, 2.45) is 0 Å². The van der Waals surface area contributed by atoms with Crippen molar-refractivity contribution < 1.29 is 13.2 Å². The molecule has 3 aromatic carbocycles. The lowest BCUT2D eigenvalue weighted by atomic mass is 10.0. The highest BCUT2D eigenvalue weighted by Crippen LogP contribution is 2.23. The number of nitrogens with one attached hydrogen (secondary N) is 1. The smallest absolute Gasteiger partial charge is 0.254 e. The van der Waals surface area contributed by atoms with Gasteiger partial charge in [0.05, 0.1) is 22.6 Å². The number of nitrogens with zero attached hydrogens (tertiary/aromatic N) is 2. The van der Waals surface area contributed by atoms with Gasteiger partial charge in [0.15, 0.2) is 0 Å². The standard InChI is InChI=1S/C25H25N3O3S/c1-3-28(19(2)22-14-12-20(17-26)13-15-22)25(29)23-10-7-11-24(16-23)32(30,31)27-18-21-8-5-4-6-9-21/h4-16,19,27H,3,18H2,1-2H3. The van der Waals surface area contributed by atoms with E-state index in [1.807, 2.05) is 56.3 Å². The van der Waals surface area contributed by atoms with Crippen LogP contribution in [0.2, 0.25) is 0 Å². The summed E-state index contributed by atoms with van der Waals surface area (Å²) in [5, 5.41) is 8.99. The first-order valence-electron chi connectivity index (χ1n) is 10.3. The lowest BCUT2D eigenvalue weighted by Gasteiger charge is -2.28. The van der Waals surface area contributed by atoms with E-state index >= 15 is 0 Å². The quantitative estimate of drug-likeness (QED) is 0.559. The summed E-state index contributed by atoms with van der Waals surface area (Å²) in [4.78, 5) is 14.9. The van der Waals surface area contributed by atoms with Gasteiger partial charge in [0.25, 0.3) is 5.91 Å². The van der Waals surface area contributed by atoms with Gasteiger partial charge in [-0.1, -0.05) is 48.5 Å². The van der Waals surface area contributed by atoms with Crippen molar-refractivity contribution in [3.8, 4) is 6.07 Å². The normalized spacial score (nSPS) is 12.0. The van der Waals surface area contributed by atoms with E-state index in [9.17, 15) is 13.2 Å². The zero-order valence-corrected chi connectivity index (χ0v) is 18.8. The Labute approximate surface area is 189 Å². The third-order valence-corrected chi connectivity index (χ3v) is 6.69. The first-order chi connectivity index (χ1) is 15.4. The van der Waals surface area contributed by atoms with Crippen molar-refractivity contribution >= 4 is 15.9 Å².